The van der Waals surface area contributed by atoms with Crippen molar-refractivity contribution in [3.8, 4) is 5.75 Å². The third-order valence-electron chi connectivity index (χ3n) is 5.49. The lowest BCUT2D eigenvalue weighted by atomic mass is 10.0. The van der Waals surface area contributed by atoms with Crippen molar-refractivity contribution in [3.63, 3.8) is 0 Å². The van der Waals surface area contributed by atoms with E-state index in [0.717, 1.165) is 17.1 Å². The fourth-order valence-corrected chi connectivity index (χ4v) is 3.48. The van der Waals surface area contributed by atoms with Gasteiger partial charge in [-0.3, -0.25) is 4.79 Å². The van der Waals surface area contributed by atoms with Gasteiger partial charge in [0.2, 0.25) is 11.3 Å². The number of furan rings is 1. The zero-order chi connectivity index (χ0) is 24.6. The topological polar surface area (TPSA) is 142 Å². The van der Waals surface area contributed by atoms with Gasteiger partial charge in [0, 0.05) is 14.1 Å². The summed E-state index contributed by atoms with van der Waals surface area (Å²) < 4.78 is 10.7. The molecule has 0 radical (unpaired) electrons. The number of rotatable bonds is 7. The van der Waals surface area contributed by atoms with Crippen molar-refractivity contribution >= 4 is 34.5 Å². The van der Waals surface area contributed by atoms with Crippen LogP contribution in [-0.2, 0) is 0 Å². The van der Waals surface area contributed by atoms with Crippen LogP contribution < -0.4 is 10.6 Å². The molecule has 11 heteroatoms. The lowest BCUT2D eigenvalue weighted by Crippen LogP contribution is -2.22. The molecular formula is C23H27N7O4. The molecule has 11 nitrogen and oxygen atoms in total. The van der Waals surface area contributed by atoms with Gasteiger partial charge in [0.05, 0.1) is 17.3 Å². The minimum atomic E-state index is -0.329. The van der Waals surface area contributed by atoms with E-state index in [-0.39, 0.29) is 52.0 Å². The van der Waals surface area contributed by atoms with Gasteiger partial charge in [-0.25, -0.2) is 14.6 Å². The molecule has 34 heavy (non-hydrogen) atoms. The standard InChI is InChI=1S/C23H27N7O4/c1-11(2)17(16-10-12(3)13(4)33-16)25-20-19(26-21-22(27-20)29-34-28-21)24-15-9-7-8-14(18(15)31)23(32)30(5)6/h7-11,17,31H,1-6H3,(H,24,26,28)(H,25,27,29)/t17-/m1/s1. The van der Waals surface area contributed by atoms with E-state index in [9.17, 15) is 9.90 Å². The van der Waals surface area contributed by atoms with Crippen molar-refractivity contribution in [3.05, 3.63) is 46.9 Å². The second-order valence-electron chi connectivity index (χ2n) is 8.61. The maximum Gasteiger partial charge on any atom is 0.257 e. The van der Waals surface area contributed by atoms with Crippen LogP contribution >= 0.6 is 0 Å². The molecule has 3 heterocycles. The van der Waals surface area contributed by atoms with Crippen LogP contribution in [0.4, 0.5) is 17.3 Å². The third-order valence-corrected chi connectivity index (χ3v) is 5.49. The first kappa shape index (κ1) is 23.0. The second-order valence-corrected chi connectivity index (χ2v) is 8.61. The average molecular weight is 466 g/mol. The largest absolute Gasteiger partial charge is 0.505 e. The van der Waals surface area contributed by atoms with Crippen molar-refractivity contribution < 1.29 is 18.9 Å². The summed E-state index contributed by atoms with van der Waals surface area (Å²) in [6, 6.07) is 6.62. The molecule has 0 aliphatic rings. The number of aryl methyl sites for hydroxylation is 2. The van der Waals surface area contributed by atoms with Crippen molar-refractivity contribution in [1.82, 2.24) is 25.2 Å². The van der Waals surface area contributed by atoms with Crippen LogP contribution in [0.3, 0.4) is 0 Å². The van der Waals surface area contributed by atoms with Gasteiger partial charge in [-0.15, -0.1) is 0 Å². The van der Waals surface area contributed by atoms with Gasteiger partial charge >= 0.3 is 0 Å². The zero-order valence-electron chi connectivity index (χ0n) is 19.9. The number of nitrogens with zero attached hydrogens (tertiary/aromatic N) is 5. The highest BCUT2D eigenvalue weighted by molar-refractivity contribution is 5.98. The number of hydrogen-bond donors (Lipinski definition) is 3. The summed E-state index contributed by atoms with van der Waals surface area (Å²) in [7, 11) is 3.23. The number of aromatic hydroxyl groups is 1. The number of carbonyl (C=O) groups is 1. The predicted molar refractivity (Wildman–Crippen MR) is 126 cm³/mol. The number of carbonyl (C=O) groups excluding carboxylic acids is 1. The molecule has 0 aliphatic carbocycles. The van der Waals surface area contributed by atoms with E-state index >= 15 is 0 Å². The van der Waals surface area contributed by atoms with E-state index in [2.05, 4.69) is 44.8 Å². The van der Waals surface area contributed by atoms with E-state index in [1.165, 1.54) is 4.90 Å². The monoisotopic (exact) mass is 465 g/mol. The molecule has 3 N–H and O–H groups in total. The highest BCUT2D eigenvalue weighted by Crippen LogP contribution is 2.35. The number of aromatic nitrogens is 4. The maximum absolute atomic E-state index is 12.4. The number of para-hydroxylation sites is 1. The summed E-state index contributed by atoms with van der Waals surface area (Å²) in [4.78, 5) is 22.8. The average Bonchev–Trinajstić information content (AvgIpc) is 3.37. The van der Waals surface area contributed by atoms with Gasteiger partial charge in [0.15, 0.2) is 17.4 Å². The first-order valence-electron chi connectivity index (χ1n) is 10.8. The molecule has 1 atom stereocenters. The molecule has 0 aliphatic heterocycles. The predicted octanol–water partition coefficient (Wildman–Crippen LogP) is 4.18. The number of phenolic OH excluding ortho intramolecular Hbond substituents is 1. The lowest BCUT2D eigenvalue weighted by Gasteiger charge is -2.22. The molecule has 3 aromatic heterocycles. The molecule has 178 valence electrons. The first-order chi connectivity index (χ1) is 16.2. The Morgan fingerprint density at radius 2 is 1.76 bits per heavy atom. The Morgan fingerprint density at radius 3 is 2.35 bits per heavy atom. The summed E-state index contributed by atoms with van der Waals surface area (Å²) in [5.74, 6) is 1.85. The maximum atomic E-state index is 12.4. The Hall–Kier alpha value is -4.15. The van der Waals surface area contributed by atoms with Gasteiger partial charge in [-0.05, 0) is 53.8 Å². The smallest absolute Gasteiger partial charge is 0.257 e. The van der Waals surface area contributed by atoms with Gasteiger partial charge in [-0.1, -0.05) is 19.9 Å². The van der Waals surface area contributed by atoms with Crippen molar-refractivity contribution in [2.24, 2.45) is 5.92 Å². The molecule has 4 aromatic rings. The first-order valence-corrected chi connectivity index (χ1v) is 10.8. The Bertz CT molecular complexity index is 1320. The van der Waals surface area contributed by atoms with Crippen LogP contribution in [0.1, 0.15) is 47.3 Å². The normalized spacial score (nSPS) is 12.2. The molecule has 0 saturated carbocycles. The summed E-state index contributed by atoms with van der Waals surface area (Å²) in [6.45, 7) is 8.03. The van der Waals surface area contributed by atoms with Gasteiger partial charge < -0.3 is 25.1 Å². The van der Waals surface area contributed by atoms with Gasteiger partial charge in [0.25, 0.3) is 5.91 Å². The van der Waals surface area contributed by atoms with Crippen LogP contribution in [0.25, 0.3) is 11.3 Å². The van der Waals surface area contributed by atoms with Crippen LogP contribution in [0, 0.1) is 19.8 Å². The number of amides is 1. The molecule has 0 bridgehead atoms. The number of phenols is 1. The highest BCUT2D eigenvalue weighted by Gasteiger charge is 2.24. The van der Waals surface area contributed by atoms with E-state index in [1.54, 1.807) is 32.3 Å². The summed E-state index contributed by atoms with van der Waals surface area (Å²) in [5, 5.41) is 24.8. The molecule has 1 aromatic carbocycles. The number of benzene rings is 1. The Labute approximate surface area is 196 Å². The Kier molecular flexibility index (Phi) is 6.10. The van der Waals surface area contributed by atoms with E-state index in [1.807, 2.05) is 19.9 Å². The third kappa shape index (κ3) is 4.36. The van der Waals surface area contributed by atoms with Gasteiger partial charge in [-0.2, -0.15) is 0 Å². The molecule has 0 unspecified atom stereocenters. The van der Waals surface area contributed by atoms with Crippen LogP contribution in [0.5, 0.6) is 5.75 Å². The van der Waals surface area contributed by atoms with E-state index in [4.69, 9.17) is 9.05 Å². The summed E-state index contributed by atoms with van der Waals surface area (Å²) in [5.41, 5.74) is 1.91. The number of fused-ring (bicyclic) bond motifs is 1. The SMILES string of the molecule is Cc1cc([C@H](Nc2nc3nonc3nc2Nc2cccc(C(=O)N(C)C)c2O)C(C)C)oc1C. The van der Waals surface area contributed by atoms with E-state index < -0.39 is 0 Å². The molecule has 0 saturated heterocycles. The number of anilines is 3. The Morgan fingerprint density at radius 1 is 1.09 bits per heavy atom. The Balaban J connectivity index is 1.75. The summed E-state index contributed by atoms with van der Waals surface area (Å²) in [6.07, 6.45) is 0. The van der Waals surface area contributed by atoms with Crippen molar-refractivity contribution in [1.29, 1.82) is 0 Å². The van der Waals surface area contributed by atoms with Crippen LogP contribution in [0.2, 0.25) is 0 Å². The zero-order valence-corrected chi connectivity index (χ0v) is 19.9. The second kappa shape index (κ2) is 9.00. The quantitative estimate of drug-likeness (QED) is 0.340. The molecule has 1 amide bonds. The fraction of sp³-hybridized carbons (Fsp3) is 0.348. The van der Waals surface area contributed by atoms with Crippen LogP contribution in [0.15, 0.2) is 33.3 Å². The fourth-order valence-electron chi connectivity index (χ4n) is 3.48. The molecule has 4 rings (SSSR count). The molecule has 0 spiro atoms. The minimum absolute atomic E-state index is 0.139. The molecular weight excluding hydrogens is 438 g/mol. The van der Waals surface area contributed by atoms with Gasteiger partial charge in [0.1, 0.15) is 11.5 Å². The minimum Gasteiger partial charge on any atom is -0.505 e. The van der Waals surface area contributed by atoms with E-state index in [0.29, 0.717) is 5.82 Å². The van der Waals surface area contributed by atoms with Crippen molar-refractivity contribution in [2.75, 3.05) is 24.7 Å². The molecule has 0 fully saturated rings. The lowest BCUT2D eigenvalue weighted by molar-refractivity contribution is 0.0824. The summed E-state index contributed by atoms with van der Waals surface area (Å²) >= 11 is 0. The number of hydrogen-bond acceptors (Lipinski definition) is 10. The number of nitrogens with one attached hydrogen (secondary N) is 2. The van der Waals surface area contributed by atoms with Crippen LogP contribution in [-0.4, -0.2) is 50.3 Å². The highest BCUT2D eigenvalue weighted by atomic mass is 16.6. The van der Waals surface area contributed by atoms with Crippen molar-refractivity contribution in [2.45, 2.75) is 33.7 Å².